The Bertz CT molecular complexity index is 1220. The van der Waals surface area contributed by atoms with Crippen molar-refractivity contribution in [2.75, 3.05) is 11.9 Å². The zero-order valence-electron chi connectivity index (χ0n) is 17.4. The van der Waals surface area contributed by atoms with Crippen LogP contribution in [0.4, 0.5) is 10.1 Å². The molecule has 2 aromatic heterocycles. The molecule has 0 radical (unpaired) electrons. The van der Waals surface area contributed by atoms with Crippen LogP contribution in [0, 0.1) is 19.7 Å². The number of aromatic nitrogens is 4. The molecule has 4 rings (SSSR count). The number of ether oxygens (including phenoxy) is 2. The number of para-hydroxylation sites is 1. The Morgan fingerprint density at radius 3 is 2.47 bits per heavy atom. The first-order chi connectivity index (χ1) is 15.5. The van der Waals surface area contributed by atoms with E-state index < -0.39 is 11.7 Å². The molecule has 0 aliphatic heterocycles. The summed E-state index contributed by atoms with van der Waals surface area (Å²) in [5.74, 6) is 0.602. The monoisotopic (exact) mass is 433 g/mol. The fourth-order valence-corrected chi connectivity index (χ4v) is 2.85. The molecule has 0 aliphatic carbocycles. The molecular formula is C23H20FN5O3. The van der Waals surface area contributed by atoms with E-state index in [0.717, 1.165) is 11.4 Å². The van der Waals surface area contributed by atoms with Crippen LogP contribution < -0.4 is 14.8 Å². The Balaban J connectivity index is 1.32. The molecule has 0 saturated carbocycles. The summed E-state index contributed by atoms with van der Waals surface area (Å²) < 4.78 is 26.3. The van der Waals surface area contributed by atoms with Gasteiger partial charge in [0.15, 0.2) is 24.0 Å². The van der Waals surface area contributed by atoms with Gasteiger partial charge in [0.2, 0.25) is 5.88 Å². The second-order valence-electron chi connectivity index (χ2n) is 6.91. The van der Waals surface area contributed by atoms with E-state index >= 15 is 0 Å². The highest BCUT2D eigenvalue weighted by Gasteiger charge is 2.09. The van der Waals surface area contributed by atoms with Crippen LogP contribution in [0.2, 0.25) is 0 Å². The number of nitrogens with zero attached hydrogens (tertiary/aromatic N) is 4. The predicted octanol–water partition coefficient (Wildman–Crippen LogP) is 4.23. The maximum atomic E-state index is 13.5. The lowest BCUT2D eigenvalue weighted by molar-refractivity contribution is -0.118. The molecule has 162 valence electrons. The molecule has 0 fully saturated rings. The lowest BCUT2D eigenvalue weighted by atomic mass is 10.3. The van der Waals surface area contributed by atoms with Crippen LogP contribution in [0.1, 0.15) is 11.4 Å². The lowest BCUT2D eigenvalue weighted by Crippen LogP contribution is -2.20. The summed E-state index contributed by atoms with van der Waals surface area (Å²) in [6.45, 7) is 3.58. The standard InChI is InChI=1S/C23H20FN5O3/c1-15-16(2)29(14-25-15)21-11-12-23(28-27-21)32-18-9-7-17(8-10-18)26-22(30)13-31-20-6-4-3-5-19(20)24/h3-12,14H,13H2,1-2H3,(H,26,30). The molecule has 8 nitrogen and oxygen atoms in total. The molecule has 4 aromatic rings. The average molecular weight is 433 g/mol. The number of anilines is 1. The molecule has 0 unspecified atom stereocenters. The first-order valence-corrected chi connectivity index (χ1v) is 9.79. The van der Waals surface area contributed by atoms with Gasteiger partial charge in [0.05, 0.1) is 5.69 Å². The molecule has 0 aliphatic rings. The predicted molar refractivity (Wildman–Crippen MR) is 116 cm³/mol. The number of hydrogen-bond donors (Lipinski definition) is 1. The van der Waals surface area contributed by atoms with E-state index in [1.165, 1.54) is 12.1 Å². The minimum atomic E-state index is -0.520. The highest BCUT2D eigenvalue weighted by Crippen LogP contribution is 2.22. The maximum absolute atomic E-state index is 13.5. The molecule has 0 spiro atoms. The van der Waals surface area contributed by atoms with Crippen LogP contribution in [0.25, 0.3) is 5.82 Å². The van der Waals surface area contributed by atoms with Gasteiger partial charge < -0.3 is 14.8 Å². The molecular weight excluding hydrogens is 413 g/mol. The summed E-state index contributed by atoms with van der Waals surface area (Å²) in [7, 11) is 0. The molecule has 2 aromatic carbocycles. The highest BCUT2D eigenvalue weighted by molar-refractivity contribution is 5.91. The fourth-order valence-electron chi connectivity index (χ4n) is 2.85. The molecule has 32 heavy (non-hydrogen) atoms. The first kappa shape index (κ1) is 21.0. The smallest absolute Gasteiger partial charge is 0.262 e. The van der Waals surface area contributed by atoms with Crippen LogP contribution in [0.5, 0.6) is 17.4 Å². The quantitative estimate of drug-likeness (QED) is 0.469. The van der Waals surface area contributed by atoms with Crippen molar-refractivity contribution >= 4 is 11.6 Å². The van der Waals surface area contributed by atoms with Crippen molar-refractivity contribution in [1.82, 2.24) is 19.7 Å². The second-order valence-corrected chi connectivity index (χ2v) is 6.91. The van der Waals surface area contributed by atoms with E-state index in [1.807, 2.05) is 18.4 Å². The highest BCUT2D eigenvalue weighted by atomic mass is 19.1. The summed E-state index contributed by atoms with van der Waals surface area (Å²) in [6, 6.07) is 16.1. The topological polar surface area (TPSA) is 91.2 Å². The molecule has 2 heterocycles. The third-order valence-corrected chi connectivity index (χ3v) is 4.68. The van der Waals surface area contributed by atoms with E-state index in [-0.39, 0.29) is 12.4 Å². The van der Waals surface area contributed by atoms with E-state index in [4.69, 9.17) is 9.47 Å². The van der Waals surface area contributed by atoms with Crippen LogP contribution in [-0.2, 0) is 4.79 Å². The maximum Gasteiger partial charge on any atom is 0.262 e. The molecule has 1 N–H and O–H groups in total. The largest absolute Gasteiger partial charge is 0.481 e. The Kier molecular flexibility index (Phi) is 6.07. The van der Waals surface area contributed by atoms with Gasteiger partial charge in [0.25, 0.3) is 5.91 Å². The number of benzene rings is 2. The van der Waals surface area contributed by atoms with Gasteiger partial charge in [-0.05, 0) is 56.3 Å². The second kappa shape index (κ2) is 9.25. The number of rotatable bonds is 7. The molecule has 9 heteroatoms. The van der Waals surface area contributed by atoms with Crippen molar-refractivity contribution in [2.45, 2.75) is 13.8 Å². The van der Waals surface area contributed by atoms with Gasteiger partial charge in [-0.1, -0.05) is 12.1 Å². The van der Waals surface area contributed by atoms with E-state index in [0.29, 0.717) is 23.1 Å². The summed E-state index contributed by atoms with van der Waals surface area (Å²) in [4.78, 5) is 16.3. The number of carbonyl (C=O) groups excluding carboxylic acids is 1. The van der Waals surface area contributed by atoms with Crippen molar-refractivity contribution in [3.63, 3.8) is 0 Å². The summed E-state index contributed by atoms with van der Waals surface area (Å²) in [5, 5.41) is 10.9. The minimum Gasteiger partial charge on any atom is -0.481 e. The van der Waals surface area contributed by atoms with Gasteiger partial charge in [-0.3, -0.25) is 9.36 Å². The Morgan fingerprint density at radius 2 is 1.81 bits per heavy atom. The third kappa shape index (κ3) is 4.89. The number of carbonyl (C=O) groups is 1. The third-order valence-electron chi connectivity index (χ3n) is 4.68. The molecule has 0 saturated heterocycles. The van der Waals surface area contributed by atoms with E-state index in [9.17, 15) is 9.18 Å². The van der Waals surface area contributed by atoms with Crippen LogP contribution in [0.15, 0.2) is 67.0 Å². The number of imidazole rings is 1. The normalized spacial score (nSPS) is 10.6. The number of amides is 1. The van der Waals surface area contributed by atoms with Gasteiger partial charge in [-0.25, -0.2) is 9.37 Å². The van der Waals surface area contributed by atoms with Gasteiger partial charge in [0, 0.05) is 17.4 Å². The Hall–Kier alpha value is -4.27. The summed E-state index contributed by atoms with van der Waals surface area (Å²) >= 11 is 0. The molecule has 0 bridgehead atoms. The first-order valence-electron chi connectivity index (χ1n) is 9.79. The van der Waals surface area contributed by atoms with Crippen LogP contribution in [-0.4, -0.2) is 32.3 Å². The fraction of sp³-hybridized carbons (Fsp3) is 0.130. The minimum absolute atomic E-state index is 0.0249. The van der Waals surface area contributed by atoms with Crippen molar-refractivity contribution in [3.05, 3.63) is 84.2 Å². The summed E-state index contributed by atoms with van der Waals surface area (Å²) in [5.41, 5.74) is 2.47. The number of nitrogens with one attached hydrogen (secondary N) is 1. The van der Waals surface area contributed by atoms with E-state index in [1.54, 1.807) is 54.9 Å². The zero-order chi connectivity index (χ0) is 22.5. The van der Waals surface area contributed by atoms with Crippen LogP contribution >= 0.6 is 0 Å². The van der Waals surface area contributed by atoms with Gasteiger partial charge in [0.1, 0.15) is 12.1 Å². The zero-order valence-corrected chi connectivity index (χ0v) is 17.4. The molecule has 0 atom stereocenters. The van der Waals surface area contributed by atoms with Crippen molar-refractivity contribution in [2.24, 2.45) is 0 Å². The number of hydrogen-bond acceptors (Lipinski definition) is 6. The van der Waals surface area contributed by atoms with E-state index in [2.05, 4.69) is 20.5 Å². The van der Waals surface area contributed by atoms with Crippen molar-refractivity contribution < 1.29 is 18.7 Å². The Morgan fingerprint density at radius 1 is 1.03 bits per heavy atom. The SMILES string of the molecule is Cc1ncn(-c2ccc(Oc3ccc(NC(=O)COc4ccccc4F)cc3)nn2)c1C. The number of halogens is 1. The molecule has 1 amide bonds. The summed E-state index contributed by atoms with van der Waals surface area (Å²) in [6.07, 6.45) is 1.70. The van der Waals surface area contributed by atoms with Crippen molar-refractivity contribution in [3.8, 4) is 23.2 Å². The van der Waals surface area contributed by atoms with Gasteiger partial charge in [-0.2, -0.15) is 0 Å². The lowest BCUT2D eigenvalue weighted by Gasteiger charge is -2.09. The van der Waals surface area contributed by atoms with Gasteiger partial charge in [-0.15, -0.1) is 10.2 Å². The average Bonchev–Trinajstić information content (AvgIpc) is 3.13. The Labute approximate surface area is 183 Å². The van der Waals surface area contributed by atoms with Crippen LogP contribution in [0.3, 0.4) is 0 Å². The van der Waals surface area contributed by atoms with Crippen molar-refractivity contribution in [1.29, 1.82) is 0 Å². The number of aryl methyl sites for hydroxylation is 1. The van der Waals surface area contributed by atoms with Gasteiger partial charge >= 0.3 is 0 Å².